The minimum atomic E-state index is -1.67. The average Bonchev–Trinajstić information content (AvgIpc) is 2.04. The van der Waals surface area contributed by atoms with Crippen molar-refractivity contribution in [2.45, 2.75) is 73.5 Å². The number of allylic oxidation sites excluding steroid dienone is 4. The molecule has 13 N–H and O–H groups in total. The SMILES string of the molecule is CC=CC.CC=CC.NOOSc1cc(C(=O)Cl)c(NCc2ccco2)cc1Cl.NOOSc1cc(C(=O)O)c(NCc2ccco2)cc1Cl.NOOSc1cc(C(=O)S)c(NCc2ccco2)cc1Cl.NOOSc1cc(C(=O)[S-])c(NCc2ccco2)cc1Cl.O=S(Cl)Cl. The number of anilines is 4. The van der Waals surface area contributed by atoms with Gasteiger partial charge in [0.1, 0.15) is 23.0 Å². The second-order valence-electron chi connectivity index (χ2n) is 16.7. The van der Waals surface area contributed by atoms with E-state index in [4.69, 9.17) is 116 Å². The fourth-order valence-corrected chi connectivity index (χ4v) is 9.56. The number of carbonyl (C=O) groups is 4. The molecule has 0 fully saturated rings. The second kappa shape index (κ2) is 51.1. The van der Waals surface area contributed by atoms with Crippen LogP contribution in [0.15, 0.2) is 184 Å². The van der Waals surface area contributed by atoms with Crippen LogP contribution in [0.25, 0.3) is 0 Å². The molecule has 0 aliphatic carbocycles. The highest BCUT2D eigenvalue weighted by Gasteiger charge is 2.19. The van der Waals surface area contributed by atoms with E-state index in [1.807, 2.05) is 58.1 Å². The molecule has 0 aliphatic rings. The van der Waals surface area contributed by atoms with Crippen LogP contribution < -0.4 is 44.9 Å². The van der Waals surface area contributed by atoms with Crippen LogP contribution in [0, 0.1) is 0 Å². The molecule has 8 rings (SSSR count). The Morgan fingerprint density at radius 2 is 0.750 bits per heavy atom. The van der Waals surface area contributed by atoms with Crippen LogP contribution in [0.1, 0.15) is 92.2 Å². The summed E-state index contributed by atoms with van der Waals surface area (Å²) in [6, 6.07) is 26.3. The fraction of sp³-hybridized carbons (Fsp3) is 0.143. The molecule has 4 aromatic heterocycles. The van der Waals surface area contributed by atoms with Crippen molar-refractivity contribution in [3.8, 4) is 0 Å². The topological polar surface area (TPSA) is 384 Å². The summed E-state index contributed by atoms with van der Waals surface area (Å²) in [5, 5.41) is 21.2. The molecule has 0 amide bonds. The third-order valence-corrected chi connectivity index (χ3v) is 15.7. The molecule has 96 heavy (non-hydrogen) atoms. The molecule has 0 aliphatic heterocycles. The zero-order chi connectivity index (χ0) is 71.4. The molecule has 0 spiro atoms. The minimum absolute atomic E-state index is 0.0362. The van der Waals surface area contributed by atoms with Crippen LogP contribution in [0.4, 0.5) is 22.7 Å². The van der Waals surface area contributed by atoms with Crippen molar-refractivity contribution in [1.29, 1.82) is 0 Å². The van der Waals surface area contributed by atoms with Crippen molar-refractivity contribution in [2.75, 3.05) is 21.3 Å². The van der Waals surface area contributed by atoms with Crippen LogP contribution in [0.2, 0.25) is 20.1 Å². The molecule has 0 saturated heterocycles. The molecule has 0 radical (unpaired) electrons. The first-order chi connectivity index (χ1) is 46.0. The third-order valence-electron chi connectivity index (χ3n) is 10.6. The molecular formula is C56H58Cl7N8O18S7-. The van der Waals surface area contributed by atoms with Crippen molar-refractivity contribution in [2.24, 2.45) is 23.6 Å². The highest BCUT2D eigenvalue weighted by Crippen LogP contribution is 2.38. The number of aromatic carboxylic acids is 1. The Morgan fingerprint density at radius 1 is 0.500 bits per heavy atom. The van der Waals surface area contributed by atoms with Crippen LogP contribution in [-0.4, -0.2) is 30.8 Å². The smallest absolute Gasteiger partial charge is 0.337 e. The van der Waals surface area contributed by atoms with Crippen LogP contribution >= 0.6 is 140 Å². The van der Waals surface area contributed by atoms with E-state index in [2.05, 4.69) is 92.5 Å². The van der Waals surface area contributed by atoms with Gasteiger partial charge in [-0.05, 0) is 136 Å². The van der Waals surface area contributed by atoms with E-state index in [0.29, 0.717) is 129 Å². The fourth-order valence-electron chi connectivity index (χ4n) is 6.35. The Balaban J connectivity index is 0.000000411. The van der Waals surface area contributed by atoms with Crippen molar-refractivity contribution in [3.63, 3.8) is 0 Å². The number of hydrogen-bond donors (Lipinski definition) is 10. The Labute approximate surface area is 614 Å². The summed E-state index contributed by atoms with van der Waals surface area (Å²) in [7, 11) is 7.36. The number of thiol groups is 1. The standard InChI is InChI=1S/C12H10Cl2N2O4S.C12H11ClN2O5S.2C12H11ClN2O4S2.2C4H8.Cl2OS/c13-9-5-10(16-6-7-2-1-3-18-7)8(12(14)17)4-11(9)21-20-19-15;13-9-5-10(15-6-7-2-1-3-18-7)8(12(16)17)4-11(9)21-20-19-14;2*13-9-5-10(15-6-7-2-1-3-17-7)8(12(16)20)4-11(9)21-19-18-14;2*1-3-4-2;1-4(2)3/h1-5,16H,6,15H2;1-5,15H,6,14H2,(H,16,17);2*1-5,15H,6,14H2,(H,16,20);2*3-4H,1-2H3;/p-1. The first kappa shape index (κ1) is 86.9. The van der Waals surface area contributed by atoms with E-state index in [0.717, 1.165) is 41.9 Å². The van der Waals surface area contributed by atoms with E-state index < -0.39 is 30.7 Å². The van der Waals surface area contributed by atoms with E-state index in [-0.39, 0.29) is 11.1 Å². The van der Waals surface area contributed by atoms with Gasteiger partial charge in [0, 0.05) is 49.1 Å². The van der Waals surface area contributed by atoms with Gasteiger partial charge in [0.25, 0.3) is 5.24 Å². The molecule has 0 atom stereocenters. The maximum atomic E-state index is 11.6. The van der Waals surface area contributed by atoms with Gasteiger partial charge < -0.3 is 61.5 Å². The van der Waals surface area contributed by atoms with Gasteiger partial charge >= 0.3 is 5.97 Å². The van der Waals surface area contributed by atoms with Gasteiger partial charge in [-0.3, -0.25) is 9.59 Å². The Hall–Kier alpha value is -5.17. The largest absolute Gasteiger partial charge is 0.737 e. The lowest BCUT2D eigenvalue weighted by atomic mass is 10.1. The van der Waals surface area contributed by atoms with Gasteiger partial charge in [0.2, 0.25) is 14.3 Å². The molecule has 0 unspecified atom stereocenters. The number of hydrogen-bond acceptors (Lipinski definition) is 30. The number of nitrogens with two attached hydrogens (primary N) is 4. The van der Waals surface area contributed by atoms with Gasteiger partial charge in [0.15, 0.2) is 0 Å². The molecule has 8 aromatic rings. The monoisotopic (exact) mass is 1600 g/mol. The summed E-state index contributed by atoms with van der Waals surface area (Å²) in [6.07, 6.45) is 14.2. The molecule has 0 saturated carbocycles. The summed E-state index contributed by atoms with van der Waals surface area (Å²) < 4.78 is 47.9. The van der Waals surface area contributed by atoms with E-state index in [1.54, 1.807) is 79.5 Å². The van der Waals surface area contributed by atoms with Crippen molar-refractivity contribution in [3.05, 3.63) is 212 Å². The molecule has 4 aromatic carbocycles. The van der Waals surface area contributed by atoms with E-state index in [9.17, 15) is 24.3 Å². The number of nitrogens with one attached hydrogen (secondary N) is 4. The summed E-state index contributed by atoms with van der Waals surface area (Å²) in [5.74, 6) is 20.7. The average molecular weight is 1600 g/mol. The number of carboxylic acid groups (broad SMARTS) is 1. The van der Waals surface area contributed by atoms with Crippen LogP contribution in [0.3, 0.4) is 0 Å². The highest BCUT2D eigenvalue weighted by molar-refractivity contribution is 8.26. The lowest BCUT2D eigenvalue weighted by molar-refractivity contribution is -0.195. The van der Waals surface area contributed by atoms with Gasteiger partial charge in [-0.2, -0.15) is 23.6 Å². The normalized spacial score (nSPS) is 10.4. The maximum Gasteiger partial charge on any atom is 0.337 e. The van der Waals surface area contributed by atoms with Crippen molar-refractivity contribution >= 4 is 206 Å². The third kappa shape index (κ3) is 34.6. The van der Waals surface area contributed by atoms with Crippen LogP contribution in [-0.2, 0) is 85.3 Å². The lowest BCUT2D eigenvalue weighted by Gasteiger charge is -2.15. The van der Waals surface area contributed by atoms with Crippen molar-refractivity contribution in [1.82, 2.24) is 0 Å². The Bertz CT molecular complexity index is 3210. The van der Waals surface area contributed by atoms with Gasteiger partial charge in [0.05, 0.1) is 161 Å². The van der Waals surface area contributed by atoms with Gasteiger partial charge in [-0.25, -0.2) is 9.00 Å². The molecular weight excluding hydrogens is 1550 g/mol. The number of carboxylic acids is 1. The summed E-state index contributed by atoms with van der Waals surface area (Å²) >= 11 is 41.5. The molecule has 0 bridgehead atoms. The molecule has 522 valence electrons. The maximum absolute atomic E-state index is 11.6. The molecule has 40 heteroatoms. The zero-order valence-electron chi connectivity index (χ0n) is 49.9. The first-order valence-electron chi connectivity index (χ1n) is 26.0. The second-order valence-corrected chi connectivity index (χ2v) is 25.0. The number of rotatable bonds is 28. The summed E-state index contributed by atoms with van der Waals surface area (Å²) in [5.41, 5.74) is 2.81. The minimum Gasteiger partial charge on any atom is -0.737 e. The Morgan fingerprint density at radius 3 is 0.979 bits per heavy atom. The highest BCUT2D eigenvalue weighted by atomic mass is 36.0. The van der Waals surface area contributed by atoms with Gasteiger partial charge in [-0.15, -0.1) is 49.9 Å². The number of furan rings is 4. The Kier molecular flexibility index (Phi) is 46.2. The van der Waals surface area contributed by atoms with Crippen LogP contribution in [0.5, 0.6) is 0 Å². The summed E-state index contributed by atoms with van der Waals surface area (Å²) in [4.78, 5) is 63.7. The zero-order valence-corrected chi connectivity index (χ0v) is 61.0. The predicted octanol–water partition coefficient (Wildman–Crippen LogP) is 17.5. The lowest BCUT2D eigenvalue weighted by Crippen LogP contribution is -2.06. The predicted molar refractivity (Wildman–Crippen MR) is 382 cm³/mol. The molecule has 4 heterocycles. The molecule has 26 nitrogen and oxygen atoms in total. The van der Waals surface area contributed by atoms with E-state index in [1.165, 1.54) is 36.6 Å². The quantitative estimate of drug-likeness (QED) is 0.00414. The summed E-state index contributed by atoms with van der Waals surface area (Å²) in [6.45, 7) is 9.52. The van der Waals surface area contributed by atoms with E-state index >= 15 is 0 Å². The first-order valence-corrected chi connectivity index (χ1v) is 34.5. The number of carbonyl (C=O) groups excluding carboxylic acids is 3. The van der Waals surface area contributed by atoms with Gasteiger partial charge in [-0.1, -0.05) is 70.7 Å². The number of benzene rings is 4. The number of halogens is 7. The van der Waals surface area contributed by atoms with Crippen molar-refractivity contribution < 1.29 is 83.5 Å².